The maximum absolute atomic E-state index is 7.01. The molecule has 0 saturated carbocycles. The van der Waals surface area contributed by atoms with Crippen molar-refractivity contribution in [2.45, 2.75) is 0 Å². The third-order valence-electron chi connectivity index (χ3n) is 7.99. The molecule has 0 fully saturated rings. The molecule has 0 saturated heterocycles. The molecule has 0 unspecified atom stereocenters. The van der Waals surface area contributed by atoms with Crippen molar-refractivity contribution in [2.75, 3.05) is 0 Å². The Labute approximate surface area is 250 Å². The summed E-state index contributed by atoms with van der Waals surface area (Å²) < 4.78 is 12.5. The van der Waals surface area contributed by atoms with Gasteiger partial charge in [0.2, 0.25) is 0 Å². The van der Waals surface area contributed by atoms with E-state index < -0.39 is 0 Å². The van der Waals surface area contributed by atoms with Gasteiger partial charge in [0.05, 0.1) is 5.02 Å². The monoisotopic (exact) mass is 573 g/mol. The highest BCUT2D eigenvalue weighted by Crippen LogP contribution is 2.42. The fourth-order valence-corrected chi connectivity index (χ4v) is 6.27. The van der Waals surface area contributed by atoms with E-state index in [1.807, 2.05) is 91.0 Å². The Morgan fingerprint density at radius 2 is 1.14 bits per heavy atom. The zero-order valence-electron chi connectivity index (χ0n) is 22.6. The van der Waals surface area contributed by atoms with E-state index in [0.717, 1.165) is 65.8 Å². The summed E-state index contributed by atoms with van der Waals surface area (Å²) >= 11 is 7.01. The third kappa shape index (κ3) is 3.75. The van der Waals surface area contributed by atoms with Crippen LogP contribution < -0.4 is 0 Å². The molecule has 3 aromatic heterocycles. The first-order valence-corrected chi connectivity index (χ1v) is 14.3. The first kappa shape index (κ1) is 24.1. The lowest BCUT2D eigenvalue weighted by molar-refractivity contribution is 0.669. The van der Waals surface area contributed by atoms with Crippen LogP contribution in [-0.2, 0) is 0 Å². The van der Waals surface area contributed by atoms with E-state index in [0.29, 0.717) is 28.1 Å². The molecule has 0 bridgehead atoms. The van der Waals surface area contributed by atoms with E-state index in [1.54, 1.807) is 0 Å². The second kappa shape index (κ2) is 9.24. The summed E-state index contributed by atoms with van der Waals surface area (Å²) in [6, 6.07) is 40.1. The van der Waals surface area contributed by atoms with Crippen LogP contribution in [0.3, 0.4) is 0 Å². The van der Waals surface area contributed by atoms with Gasteiger partial charge in [-0.25, -0.2) is 15.0 Å². The van der Waals surface area contributed by atoms with Crippen LogP contribution >= 0.6 is 11.6 Å². The minimum atomic E-state index is 0.472. The van der Waals surface area contributed by atoms with Crippen molar-refractivity contribution in [3.8, 4) is 34.2 Å². The molecule has 9 aromatic rings. The highest BCUT2D eigenvalue weighted by atomic mass is 35.5. The van der Waals surface area contributed by atoms with E-state index in [2.05, 4.69) is 30.3 Å². The zero-order chi connectivity index (χ0) is 28.5. The molecule has 3 heterocycles. The van der Waals surface area contributed by atoms with Crippen LogP contribution in [0.15, 0.2) is 130 Å². The molecule has 9 rings (SSSR count). The SMILES string of the molecule is Clc1ccc2oc3cc4ccccc4cc3c2c1-c1nc(-c2ccccc2)nc(-c2cccc3oc4ccccc4c23)n1. The van der Waals surface area contributed by atoms with E-state index >= 15 is 0 Å². The summed E-state index contributed by atoms with van der Waals surface area (Å²) in [5.41, 5.74) is 5.53. The van der Waals surface area contributed by atoms with Crippen LogP contribution in [0.4, 0.5) is 0 Å². The molecule has 0 N–H and O–H groups in total. The molecule has 6 heteroatoms. The highest BCUT2D eigenvalue weighted by molar-refractivity contribution is 6.36. The first-order chi connectivity index (χ1) is 21.2. The second-order valence-electron chi connectivity index (χ2n) is 10.5. The maximum Gasteiger partial charge on any atom is 0.166 e. The van der Waals surface area contributed by atoms with Crippen LogP contribution in [0.2, 0.25) is 5.02 Å². The minimum absolute atomic E-state index is 0.472. The number of hydrogen-bond donors (Lipinski definition) is 0. The van der Waals surface area contributed by atoms with Gasteiger partial charge in [0.1, 0.15) is 22.3 Å². The lowest BCUT2D eigenvalue weighted by Crippen LogP contribution is -2.01. The predicted octanol–water partition coefficient (Wildman–Crippen LogP) is 10.5. The molecule has 0 aliphatic carbocycles. The van der Waals surface area contributed by atoms with Crippen molar-refractivity contribution < 1.29 is 8.83 Å². The van der Waals surface area contributed by atoms with Gasteiger partial charge in [0.15, 0.2) is 17.5 Å². The van der Waals surface area contributed by atoms with Gasteiger partial charge >= 0.3 is 0 Å². The maximum atomic E-state index is 7.01. The van der Waals surface area contributed by atoms with Gasteiger partial charge in [0, 0.05) is 38.2 Å². The molecule has 0 aliphatic heterocycles. The van der Waals surface area contributed by atoms with E-state index in [4.69, 9.17) is 35.4 Å². The highest BCUT2D eigenvalue weighted by Gasteiger charge is 2.22. The van der Waals surface area contributed by atoms with Gasteiger partial charge in [0.25, 0.3) is 0 Å². The van der Waals surface area contributed by atoms with Crippen molar-refractivity contribution in [3.05, 3.63) is 126 Å². The van der Waals surface area contributed by atoms with Crippen molar-refractivity contribution in [1.82, 2.24) is 15.0 Å². The van der Waals surface area contributed by atoms with Crippen molar-refractivity contribution in [3.63, 3.8) is 0 Å². The van der Waals surface area contributed by atoms with Crippen LogP contribution in [0.25, 0.3) is 88.8 Å². The van der Waals surface area contributed by atoms with Crippen molar-refractivity contribution >= 4 is 66.3 Å². The summed E-state index contributed by atoms with van der Waals surface area (Å²) in [6.45, 7) is 0. The molecular weight excluding hydrogens is 554 g/mol. The molecule has 0 aliphatic rings. The average Bonchev–Trinajstić information content (AvgIpc) is 3.61. The Bertz CT molecular complexity index is 2530. The van der Waals surface area contributed by atoms with Crippen LogP contribution in [0.5, 0.6) is 0 Å². The Hall–Kier alpha value is -5.52. The van der Waals surface area contributed by atoms with Gasteiger partial charge in [-0.05, 0) is 47.2 Å². The Kier molecular flexibility index (Phi) is 5.18. The minimum Gasteiger partial charge on any atom is -0.456 e. The largest absolute Gasteiger partial charge is 0.456 e. The average molecular weight is 574 g/mol. The molecular formula is C37H20ClN3O2. The number of aromatic nitrogens is 3. The van der Waals surface area contributed by atoms with Gasteiger partial charge in [-0.1, -0.05) is 96.5 Å². The van der Waals surface area contributed by atoms with Crippen LogP contribution in [0, 0.1) is 0 Å². The van der Waals surface area contributed by atoms with Gasteiger partial charge in [-0.2, -0.15) is 0 Å². The topological polar surface area (TPSA) is 65.0 Å². The molecule has 0 amide bonds. The van der Waals surface area contributed by atoms with E-state index in [-0.39, 0.29) is 0 Å². The summed E-state index contributed by atoms with van der Waals surface area (Å²) in [4.78, 5) is 15.1. The molecule has 43 heavy (non-hydrogen) atoms. The van der Waals surface area contributed by atoms with Gasteiger partial charge < -0.3 is 8.83 Å². The Morgan fingerprint density at radius 1 is 0.465 bits per heavy atom. The summed E-state index contributed by atoms with van der Waals surface area (Å²) in [5, 5.41) is 6.54. The van der Waals surface area contributed by atoms with Crippen molar-refractivity contribution in [1.29, 1.82) is 0 Å². The van der Waals surface area contributed by atoms with Gasteiger partial charge in [-0.3, -0.25) is 0 Å². The van der Waals surface area contributed by atoms with Gasteiger partial charge in [-0.15, -0.1) is 0 Å². The molecule has 5 nitrogen and oxygen atoms in total. The van der Waals surface area contributed by atoms with E-state index in [9.17, 15) is 0 Å². The first-order valence-electron chi connectivity index (χ1n) is 14.0. The molecule has 0 radical (unpaired) electrons. The number of hydrogen-bond acceptors (Lipinski definition) is 5. The predicted molar refractivity (Wildman–Crippen MR) is 173 cm³/mol. The number of halogens is 1. The van der Waals surface area contributed by atoms with Crippen LogP contribution in [-0.4, -0.2) is 15.0 Å². The lowest BCUT2D eigenvalue weighted by Gasteiger charge is -2.11. The number of furan rings is 2. The second-order valence-corrected chi connectivity index (χ2v) is 10.9. The third-order valence-corrected chi connectivity index (χ3v) is 8.30. The molecule has 0 atom stereocenters. The fraction of sp³-hybridized carbons (Fsp3) is 0. The zero-order valence-corrected chi connectivity index (χ0v) is 23.3. The normalized spacial score (nSPS) is 11.8. The number of benzene rings is 6. The number of para-hydroxylation sites is 1. The number of fused-ring (bicyclic) bond motifs is 7. The Balaban J connectivity index is 1.38. The molecule has 6 aromatic carbocycles. The number of rotatable bonds is 3. The standard InChI is InChI=1S/C37H20ClN3O2/c38-27-17-18-30-33(26-19-22-11-4-5-12-23(22)20-31(26)43-30)34(27)37-40-35(21-9-2-1-3-10-21)39-36(41-37)25-14-8-16-29-32(25)24-13-6-7-15-28(24)42-29/h1-20H. The van der Waals surface area contributed by atoms with Crippen molar-refractivity contribution in [2.24, 2.45) is 0 Å². The summed E-state index contributed by atoms with van der Waals surface area (Å²) in [7, 11) is 0. The van der Waals surface area contributed by atoms with E-state index in [1.165, 1.54) is 0 Å². The quantitative estimate of drug-likeness (QED) is 0.210. The Morgan fingerprint density at radius 3 is 2.02 bits per heavy atom. The molecule has 202 valence electrons. The smallest absolute Gasteiger partial charge is 0.166 e. The number of nitrogens with zero attached hydrogens (tertiary/aromatic N) is 3. The van der Waals surface area contributed by atoms with Crippen LogP contribution in [0.1, 0.15) is 0 Å². The molecule has 0 spiro atoms. The summed E-state index contributed by atoms with van der Waals surface area (Å²) in [6.07, 6.45) is 0. The lowest BCUT2D eigenvalue weighted by atomic mass is 10.0. The summed E-state index contributed by atoms with van der Waals surface area (Å²) in [5.74, 6) is 1.56. The fourth-order valence-electron chi connectivity index (χ4n) is 6.03.